The first kappa shape index (κ1) is 60.7. The summed E-state index contributed by atoms with van der Waals surface area (Å²) in [5.74, 6) is -1.23. The zero-order valence-corrected chi connectivity index (χ0v) is 40.4. The number of ether oxygens (including phenoxy) is 2. The van der Waals surface area contributed by atoms with Crippen LogP contribution in [0.2, 0.25) is 0 Å². The van der Waals surface area contributed by atoms with E-state index in [0.29, 0.717) is 32.1 Å². The molecule has 15 heteroatoms. The van der Waals surface area contributed by atoms with Gasteiger partial charge in [-0.2, -0.15) is 0 Å². The van der Waals surface area contributed by atoms with Gasteiger partial charge in [0.15, 0.2) is 6.10 Å². The van der Waals surface area contributed by atoms with Crippen molar-refractivity contribution in [2.75, 3.05) is 13.2 Å². The van der Waals surface area contributed by atoms with Gasteiger partial charge in [0.05, 0.1) is 12.7 Å². The van der Waals surface area contributed by atoms with Gasteiger partial charge < -0.3 is 45.0 Å². The van der Waals surface area contributed by atoms with Crippen LogP contribution in [-0.2, 0) is 32.7 Å². The van der Waals surface area contributed by atoms with Crippen LogP contribution in [0.15, 0.2) is 97.2 Å². The Morgan fingerprint density at radius 3 is 1.68 bits per heavy atom. The maximum Gasteiger partial charge on any atom is 0.472 e. The molecule has 0 aromatic rings. The van der Waals surface area contributed by atoms with E-state index in [-0.39, 0.29) is 12.8 Å². The van der Waals surface area contributed by atoms with Gasteiger partial charge >= 0.3 is 19.8 Å². The highest BCUT2D eigenvalue weighted by molar-refractivity contribution is 7.47. The van der Waals surface area contributed by atoms with Gasteiger partial charge in [0, 0.05) is 12.8 Å². The van der Waals surface area contributed by atoms with Gasteiger partial charge in [-0.15, -0.1) is 0 Å². The second kappa shape index (κ2) is 39.7. The Morgan fingerprint density at radius 2 is 1.06 bits per heavy atom. The zero-order chi connectivity index (χ0) is 48.7. The van der Waals surface area contributed by atoms with Crippen molar-refractivity contribution in [3.63, 3.8) is 0 Å². The van der Waals surface area contributed by atoms with Gasteiger partial charge in [-0.25, -0.2) is 4.57 Å². The van der Waals surface area contributed by atoms with E-state index >= 15 is 0 Å². The van der Waals surface area contributed by atoms with Crippen LogP contribution in [0.3, 0.4) is 0 Å². The lowest BCUT2D eigenvalue weighted by atomic mass is 9.85. The molecule has 66 heavy (non-hydrogen) atoms. The van der Waals surface area contributed by atoms with E-state index in [2.05, 4.69) is 68.5 Å². The van der Waals surface area contributed by atoms with Crippen LogP contribution < -0.4 is 0 Å². The third-order valence-electron chi connectivity index (χ3n) is 10.5. The van der Waals surface area contributed by atoms with E-state index in [9.17, 15) is 49.7 Å². The average molecular weight is 951 g/mol. The number of aliphatic hydroxyl groups is 6. The van der Waals surface area contributed by atoms with Crippen molar-refractivity contribution in [2.24, 2.45) is 0 Å². The first-order valence-electron chi connectivity index (χ1n) is 24.1. The SMILES string of the molecule is CC/C=C\C/C=C\C/C=C\C/C=C\CCCCCCCCC(=O)OC[C@H](COP(=O)(O)OC1[C@H](O)[C@H](O)C(O)[C@H](O)[C@H]1O)OC(=O)CCC/C=C/C/C=C\C[C@@H](O)/C=C\C=C/CCCCC. The van der Waals surface area contributed by atoms with Gasteiger partial charge in [-0.3, -0.25) is 18.6 Å². The van der Waals surface area contributed by atoms with Crippen LogP contribution in [-0.4, -0.2) is 110 Å². The number of esters is 2. The lowest BCUT2D eigenvalue weighted by molar-refractivity contribution is -0.220. The minimum absolute atomic E-state index is 0.0223. The minimum Gasteiger partial charge on any atom is -0.462 e. The molecule has 3 unspecified atom stereocenters. The summed E-state index contributed by atoms with van der Waals surface area (Å²) in [6, 6.07) is 0. The van der Waals surface area contributed by atoms with Crippen molar-refractivity contribution in [3.05, 3.63) is 97.2 Å². The maximum atomic E-state index is 12.8. The largest absolute Gasteiger partial charge is 0.472 e. The van der Waals surface area contributed by atoms with Gasteiger partial charge in [0.2, 0.25) is 0 Å². The molecule has 0 amide bonds. The fraction of sp³-hybridized carbons (Fsp3) is 0.647. The van der Waals surface area contributed by atoms with E-state index in [1.54, 1.807) is 6.08 Å². The van der Waals surface area contributed by atoms with Crippen molar-refractivity contribution in [2.45, 2.75) is 198 Å². The summed E-state index contributed by atoms with van der Waals surface area (Å²) in [7, 11) is -5.16. The van der Waals surface area contributed by atoms with Gasteiger partial charge in [-0.05, 0) is 83.5 Å². The molecule has 0 aliphatic heterocycles. The van der Waals surface area contributed by atoms with E-state index in [0.717, 1.165) is 70.6 Å². The smallest absolute Gasteiger partial charge is 0.462 e. The number of rotatable bonds is 38. The highest BCUT2D eigenvalue weighted by Crippen LogP contribution is 2.47. The van der Waals surface area contributed by atoms with Crippen LogP contribution in [0.5, 0.6) is 0 Å². The lowest BCUT2D eigenvalue weighted by Crippen LogP contribution is -2.64. The molecule has 14 nitrogen and oxygen atoms in total. The molecule has 0 spiro atoms. The zero-order valence-electron chi connectivity index (χ0n) is 39.6. The van der Waals surface area contributed by atoms with Crippen LogP contribution in [0, 0.1) is 0 Å². The van der Waals surface area contributed by atoms with E-state index < -0.39 is 81.8 Å². The first-order chi connectivity index (χ1) is 31.8. The number of aliphatic hydroxyl groups excluding tert-OH is 6. The summed E-state index contributed by atoms with van der Waals surface area (Å²) in [5.41, 5.74) is 0. The summed E-state index contributed by atoms with van der Waals surface area (Å²) in [4.78, 5) is 35.8. The molecular formula is C51H83O14P. The molecule has 0 bridgehead atoms. The molecule has 0 aromatic carbocycles. The van der Waals surface area contributed by atoms with Crippen molar-refractivity contribution in [1.82, 2.24) is 0 Å². The Balaban J connectivity index is 2.52. The van der Waals surface area contributed by atoms with Crippen molar-refractivity contribution >= 4 is 19.8 Å². The molecule has 0 heterocycles. The molecule has 1 saturated carbocycles. The standard InChI is InChI=1S/C51H83O14P/c1-3-5-7-9-11-12-13-14-15-16-17-18-19-20-21-22-26-30-34-38-44(53)62-40-43(41-63-66(60,61)65-51-49(58)47(56)46(55)48(57)50(51)59)64-45(54)39-35-31-27-23-25-29-33-37-42(52)36-32-28-24-10-8-6-4-2/h5,7,11-12,14-15,17-18,23-24,27-29,32-33,36,42-43,46-52,55-59H,3-4,6,8-10,13,16,19-22,25-26,30-31,34-35,37-41H2,1-2H3,(H,60,61)/b7-5-,12-11-,15-14-,18-17-,27-23+,28-24-,33-29-,36-32-/t42-,43+,46?,47-,48+,49+,50+,51?/m0/s1. The molecule has 1 fully saturated rings. The molecule has 0 aromatic heterocycles. The number of carbonyl (C=O) groups excluding carboxylic acids is 2. The number of phosphoric ester groups is 1. The van der Waals surface area contributed by atoms with Crippen LogP contribution in [0.25, 0.3) is 0 Å². The summed E-state index contributed by atoms with van der Waals surface area (Å²) >= 11 is 0. The molecule has 0 radical (unpaired) electrons. The second-order valence-electron chi connectivity index (χ2n) is 16.4. The van der Waals surface area contributed by atoms with Crippen molar-refractivity contribution in [1.29, 1.82) is 0 Å². The molecule has 7 N–H and O–H groups in total. The molecule has 1 rings (SSSR count). The number of allylic oxidation sites excluding steroid dienone is 14. The number of hydrogen-bond acceptors (Lipinski definition) is 13. The van der Waals surface area contributed by atoms with Gasteiger partial charge in [-0.1, -0.05) is 150 Å². The topological polar surface area (TPSA) is 230 Å². The predicted octanol–water partition coefficient (Wildman–Crippen LogP) is 8.80. The van der Waals surface area contributed by atoms with Crippen LogP contribution >= 0.6 is 7.82 Å². The monoisotopic (exact) mass is 951 g/mol. The first-order valence-corrected chi connectivity index (χ1v) is 25.6. The van der Waals surface area contributed by atoms with E-state index in [4.69, 9.17) is 18.5 Å². The fourth-order valence-electron chi connectivity index (χ4n) is 6.58. The summed E-state index contributed by atoms with van der Waals surface area (Å²) in [6.45, 7) is 3.02. The molecule has 1 aliphatic rings. The van der Waals surface area contributed by atoms with Crippen LogP contribution in [0.4, 0.5) is 0 Å². The number of unbranched alkanes of at least 4 members (excludes halogenated alkanes) is 10. The highest BCUT2D eigenvalue weighted by atomic mass is 31.2. The Morgan fingerprint density at radius 1 is 0.561 bits per heavy atom. The van der Waals surface area contributed by atoms with Crippen LogP contribution in [0.1, 0.15) is 149 Å². The minimum atomic E-state index is -5.16. The number of phosphoric acid groups is 1. The molecule has 0 saturated heterocycles. The third-order valence-corrected chi connectivity index (χ3v) is 11.5. The molecule has 376 valence electrons. The van der Waals surface area contributed by atoms with E-state index in [1.807, 2.05) is 36.5 Å². The Bertz CT molecular complexity index is 1540. The normalized spacial score (nSPS) is 22.6. The quantitative estimate of drug-likeness (QED) is 0.0101. The maximum absolute atomic E-state index is 12.8. The van der Waals surface area contributed by atoms with Crippen molar-refractivity contribution < 1.29 is 68.2 Å². The number of carbonyl (C=O) groups is 2. The fourth-order valence-corrected chi connectivity index (χ4v) is 7.56. The average Bonchev–Trinajstić information content (AvgIpc) is 3.29. The summed E-state index contributed by atoms with van der Waals surface area (Å²) in [6.07, 6.45) is 36.2. The predicted molar refractivity (Wildman–Crippen MR) is 259 cm³/mol. The Hall–Kier alpha value is -3.27. The molecule has 1 aliphatic carbocycles. The van der Waals surface area contributed by atoms with Gasteiger partial charge in [0.1, 0.15) is 43.2 Å². The molecule has 9 atom stereocenters. The number of hydrogen-bond donors (Lipinski definition) is 7. The van der Waals surface area contributed by atoms with E-state index in [1.165, 1.54) is 19.3 Å². The third kappa shape index (κ3) is 31.7. The van der Waals surface area contributed by atoms with Crippen molar-refractivity contribution in [3.8, 4) is 0 Å². The Kier molecular flexibility index (Phi) is 36.5. The highest BCUT2D eigenvalue weighted by Gasteiger charge is 2.51. The summed E-state index contributed by atoms with van der Waals surface area (Å²) < 4.78 is 33.5. The van der Waals surface area contributed by atoms with Gasteiger partial charge in [0.25, 0.3) is 0 Å². The summed E-state index contributed by atoms with van der Waals surface area (Å²) in [5, 5.41) is 60.3. The Labute approximate surface area is 394 Å². The second-order valence-corrected chi connectivity index (χ2v) is 17.8. The molecular weight excluding hydrogens is 868 g/mol. The lowest BCUT2D eigenvalue weighted by Gasteiger charge is -2.41.